The van der Waals surface area contributed by atoms with Crippen molar-refractivity contribution in [3.63, 3.8) is 0 Å². The molecule has 0 aliphatic rings. The Morgan fingerprint density at radius 2 is 0.609 bits per heavy atom. The summed E-state index contributed by atoms with van der Waals surface area (Å²) >= 11 is 0. The van der Waals surface area contributed by atoms with Crippen molar-refractivity contribution in [2.45, 2.75) is 0 Å². The van der Waals surface area contributed by atoms with Gasteiger partial charge in [0.1, 0.15) is 0 Å². The minimum atomic E-state index is 1.10. The summed E-state index contributed by atoms with van der Waals surface area (Å²) in [5.41, 5.74) is 10.3. The van der Waals surface area contributed by atoms with E-state index in [-0.39, 0.29) is 0 Å². The molecule has 0 saturated carbocycles. The number of nitrogens with zero attached hydrogens (tertiary/aromatic N) is 3. The summed E-state index contributed by atoms with van der Waals surface area (Å²) < 4.78 is 4.86. The maximum Gasteiger partial charge on any atom is 0.0562 e. The van der Waals surface area contributed by atoms with Gasteiger partial charge in [0.15, 0.2) is 0 Å². The summed E-state index contributed by atoms with van der Waals surface area (Å²) in [5.74, 6) is 0. The maximum atomic E-state index is 2.52. The summed E-state index contributed by atoms with van der Waals surface area (Å²) in [7, 11) is 0. The van der Waals surface area contributed by atoms with Gasteiger partial charge in [0.2, 0.25) is 0 Å². The second-order valence-corrected chi connectivity index (χ2v) is 18.4. The molecule has 0 fully saturated rings. The zero-order chi connectivity index (χ0) is 45.2. The molecule has 0 N–H and O–H groups in total. The number of benzene rings is 13. The Morgan fingerprint density at radius 3 is 1.14 bits per heavy atom. The molecule has 13 aromatic carbocycles. The van der Waals surface area contributed by atoms with Gasteiger partial charge in [-0.1, -0.05) is 170 Å². The van der Waals surface area contributed by atoms with Gasteiger partial charge in [0.05, 0.1) is 27.8 Å². The number of para-hydroxylation sites is 3. The van der Waals surface area contributed by atoms with Crippen molar-refractivity contribution in [2.24, 2.45) is 0 Å². The first-order chi connectivity index (χ1) is 34.3. The van der Waals surface area contributed by atoms with Crippen LogP contribution in [0.5, 0.6) is 0 Å². The lowest BCUT2D eigenvalue weighted by molar-refractivity contribution is 1.16. The van der Waals surface area contributed by atoms with Crippen molar-refractivity contribution < 1.29 is 0 Å². The standard InChI is InChI=1S/C66H41N3/c1-2-17-42(18-3-1)68-61-29-14-12-27-56(61)60-41-45(35-38-63(60)68)69-62-30-15-13-28-57(62)66-64(31-16-32-65(66)69)67(43-33-36-54-50-23-6-4-19-46(50)48-21-8-10-25-52(48)58(54)39-43)44-34-37-55-51-24-7-5-20-47(51)49-22-9-11-26-53(49)59(55)40-44/h1-41H. The van der Waals surface area contributed by atoms with Crippen LogP contribution in [-0.2, 0) is 0 Å². The molecule has 0 saturated heterocycles. The largest absolute Gasteiger partial charge is 0.310 e. The van der Waals surface area contributed by atoms with Gasteiger partial charge in [-0.05, 0) is 143 Å². The van der Waals surface area contributed by atoms with E-state index in [4.69, 9.17) is 0 Å². The molecule has 0 aliphatic heterocycles. The van der Waals surface area contributed by atoms with Crippen LogP contribution in [0.4, 0.5) is 17.1 Å². The molecule has 0 aliphatic carbocycles. The van der Waals surface area contributed by atoms with Crippen molar-refractivity contribution in [1.29, 1.82) is 0 Å². The van der Waals surface area contributed by atoms with E-state index in [9.17, 15) is 0 Å². The molecule has 0 atom stereocenters. The molecule has 0 amide bonds. The highest BCUT2D eigenvalue weighted by molar-refractivity contribution is 6.28. The van der Waals surface area contributed by atoms with Gasteiger partial charge in [0.25, 0.3) is 0 Å². The predicted octanol–water partition coefficient (Wildman–Crippen LogP) is 18.3. The molecular formula is C66H41N3. The topological polar surface area (TPSA) is 13.1 Å². The lowest BCUT2D eigenvalue weighted by Gasteiger charge is -2.28. The van der Waals surface area contributed by atoms with E-state index in [1.807, 2.05) is 0 Å². The Bertz CT molecular complexity index is 4380. The van der Waals surface area contributed by atoms with Gasteiger partial charge in [-0.15, -0.1) is 0 Å². The molecule has 0 radical (unpaired) electrons. The highest BCUT2D eigenvalue weighted by atomic mass is 15.1. The van der Waals surface area contributed by atoms with Crippen LogP contribution in [-0.4, -0.2) is 9.13 Å². The van der Waals surface area contributed by atoms with Crippen molar-refractivity contribution in [3.05, 3.63) is 249 Å². The van der Waals surface area contributed by atoms with Gasteiger partial charge in [-0.2, -0.15) is 0 Å². The summed E-state index contributed by atoms with van der Waals surface area (Å²) in [4.78, 5) is 2.52. The Kier molecular flexibility index (Phi) is 8.07. The summed E-state index contributed by atoms with van der Waals surface area (Å²) in [6, 6.07) is 92.0. The molecule has 3 heteroatoms. The molecule has 0 unspecified atom stereocenters. The Labute approximate surface area is 397 Å². The molecule has 69 heavy (non-hydrogen) atoms. The third-order valence-electron chi connectivity index (χ3n) is 14.8. The first kappa shape index (κ1) is 38.0. The lowest BCUT2D eigenvalue weighted by atomic mass is 9.93. The third kappa shape index (κ3) is 5.50. The fraction of sp³-hybridized carbons (Fsp3) is 0. The third-order valence-corrected chi connectivity index (χ3v) is 14.8. The SMILES string of the molecule is c1ccc(-n2c3ccccc3c3cc(-n4c5ccccc5c5c(N(c6ccc7c8ccccc8c8ccccc8c7c6)c6ccc7c8ccccc8c8ccccc8c7c6)cccc54)ccc32)cc1. The van der Waals surface area contributed by atoms with Crippen LogP contribution in [0, 0.1) is 0 Å². The second-order valence-electron chi connectivity index (χ2n) is 18.4. The van der Waals surface area contributed by atoms with E-state index in [1.54, 1.807) is 0 Å². The zero-order valence-electron chi connectivity index (χ0n) is 37.5. The number of hydrogen-bond acceptors (Lipinski definition) is 1. The number of rotatable bonds is 5. The van der Waals surface area contributed by atoms with Crippen LogP contribution in [0.2, 0.25) is 0 Å². The monoisotopic (exact) mass is 875 g/mol. The summed E-state index contributed by atoms with van der Waals surface area (Å²) in [5, 5.41) is 20.0. The van der Waals surface area contributed by atoms with Crippen LogP contribution in [0.1, 0.15) is 0 Å². The van der Waals surface area contributed by atoms with E-state index in [2.05, 4.69) is 263 Å². The number of fused-ring (bicyclic) bond motifs is 18. The minimum Gasteiger partial charge on any atom is -0.310 e. The summed E-state index contributed by atoms with van der Waals surface area (Å²) in [6.07, 6.45) is 0. The first-order valence-corrected chi connectivity index (χ1v) is 23.8. The van der Waals surface area contributed by atoms with E-state index in [0.29, 0.717) is 0 Å². The van der Waals surface area contributed by atoms with Crippen LogP contribution in [0.3, 0.4) is 0 Å². The lowest BCUT2D eigenvalue weighted by Crippen LogP contribution is -2.10. The van der Waals surface area contributed by atoms with Crippen molar-refractivity contribution in [3.8, 4) is 11.4 Å². The Morgan fingerprint density at radius 1 is 0.217 bits per heavy atom. The zero-order valence-corrected chi connectivity index (χ0v) is 37.5. The van der Waals surface area contributed by atoms with Gasteiger partial charge in [0, 0.05) is 44.3 Å². The van der Waals surface area contributed by atoms with E-state index < -0.39 is 0 Å². The molecule has 0 spiro atoms. The molecule has 0 bridgehead atoms. The Hall–Kier alpha value is -9.18. The molecule has 15 aromatic rings. The number of aromatic nitrogens is 2. The molecule has 2 heterocycles. The molecule has 3 nitrogen and oxygen atoms in total. The maximum absolute atomic E-state index is 2.52. The highest BCUT2D eigenvalue weighted by Crippen LogP contribution is 2.48. The number of anilines is 3. The molecule has 2 aromatic heterocycles. The fourth-order valence-corrected chi connectivity index (χ4v) is 11.9. The molecular weight excluding hydrogens is 835 g/mol. The average Bonchev–Trinajstić information content (AvgIpc) is 3.94. The normalized spacial score (nSPS) is 12.1. The van der Waals surface area contributed by atoms with Gasteiger partial charge in [-0.25, -0.2) is 0 Å². The first-order valence-electron chi connectivity index (χ1n) is 23.8. The fourth-order valence-electron chi connectivity index (χ4n) is 11.9. The molecule has 15 rings (SSSR count). The van der Waals surface area contributed by atoms with Crippen LogP contribution in [0.15, 0.2) is 249 Å². The van der Waals surface area contributed by atoms with Gasteiger partial charge in [-0.3, -0.25) is 0 Å². The van der Waals surface area contributed by atoms with Crippen LogP contribution >= 0.6 is 0 Å². The van der Waals surface area contributed by atoms with Crippen LogP contribution in [0.25, 0.3) is 120 Å². The highest BCUT2D eigenvalue weighted by Gasteiger charge is 2.24. The molecule has 320 valence electrons. The van der Waals surface area contributed by atoms with Gasteiger partial charge >= 0.3 is 0 Å². The minimum absolute atomic E-state index is 1.10. The average molecular weight is 876 g/mol. The Balaban J connectivity index is 1.03. The van der Waals surface area contributed by atoms with Crippen molar-refractivity contribution in [1.82, 2.24) is 9.13 Å². The second kappa shape index (κ2) is 14.7. The van der Waals surface area contributed by atoms with E-state index in [0.717, 1.165) is 39.5 Å². The van der Waals surface area contributed by atoms with Crippen LogP contribution < -0.4 is 4.90 Å². The van der Waals surface area contributed by atoms with Crippen molar-refractivity contribution >= 4 is 125 Å². The van der Waals surface area contributed by atoms with E-state index in [1.165, 1.54) is 97.2 Å². The van der Waals surface area contributed by atoms with Gasteiger partial charge < -0.3 is 14.0 Å². The van der Waals surface area contributed by atoms with E-state index >= 15 is 0 Å². The predicted molar refractivity (Wildman–Crippen MR) is 295 cm³/mol. The number of hydrogen-bond donors (Lipinski definition) is 0. The smallest absolute Gasteiger partial charge is 0.0562 e. The summed E-state index contributed by atoms with van der Waals surface area (Å²) in [6.45, 7) is 0. The van der Waals surface area contributed by atoms with Crippen molar-refractivity contribution in [2.75, 3.05) is 4.90 Å². The quantitative estimate of drug-likeness (QED) is 0.157.